The van der Waals surface area contributed by atoms with Gasteiger partial charge in [-0.2, -0.15) is 0 Å². The zero-order valence-corrected chi connectivity index (χ0v) is 17.7. The number of amides is 1. The van der Waals surface area contributed by atoms with Gasteiger partial charge >= 0.3 is 5.97 Å². The Bertz CT molecular complexity index is 989. The Balaban J connectivity index is 1.80. The Labute approximate surface area is 179 Å². The van der Waals surface area contributed by atoms with E-state index >= 15 is 0 Å². The van der Waals surface area contributed by atoms with Crippen molar-refractivity contribution in [2.75, 3.05) is 13.2 Å². The van der Waals surface area contributed by atoms with Crippen LogP contribution in [0, 0.1) is 0 Å². The number of hydrogen-bond acceptors (Lipinski definition) is 6. The van der Waals surface area contributed by atoms with E-state index in [4.69, 9.17) is 14.6 Å². The molecule has 0 aliphatic carbocycles. The first-order valence-electron chi connectivity index (χ1n) is 8.61. The van der Waals surface area contributed by atoms with Crippen LogP contribution in [0.5, 0.6) is 11.5 Å². The van der Waals surface area contributed by atoms with Crippen LogP contribution in [0.4, 0.5) is 5.69 Å². The van der Waals surface area contributed by atoms with Crippen LogP contribution < -0.4 is 14.8 Å². The fourth-order valence-electron chi connectivity index (χ4n) is 2.43. The average molecular weight is 477 g/mol. The Hall–Kier alpha value is -2.78. The highest BCUT2D eigenvalue weighted by Crippen LogP contribution is 2.32. The third-order valence-electron chi connectivity index (χ3n) is 3.64. The molecular weight excluding hydrogens is 460 g/mol. The van der Waals surface area contributed by atoms with Crippen LogP contribution in [0.2, 0.25) is 0 Å². The number of carbonyl (C=O) groups is 2. The molecule has 7 nitrogen and oxygen atoms in total. The lowest BCUT2D eigenvalue weighted by Gasteiger charge is -2.08. The van der Waals surface area contributed by atoms with E-state index in [0.29, 0.717) is 33.7 Å². The number of carbonyl (C=O) groups excluding carboxylic acids is 1. The largest absolute Gasteiger partial charge is 0.494 e. The third kappa shape index (κ3) is 5.85. The molecule has 1 amide bonds. The van der Waals surface area contributed by atoms with Crippen LogP contribution in [-0.4, -0.2) is 35.4 Å². The molecule has 1 aliphatic rings. The fraction of sp³-hybridized carbons (Fsp3) is 0.150. The Morgan fingerprint density at radius 1 is 1.24 bits per heavy atom. The summed E-state index contributed by atoms with van der Waals surface area (Å²) in [5.74, 6) is -0.245. The van der Waals surface area contributed by atoms with Crippen LogP contribution >= 0.6 is 27.7 Å². The normalized spacial score (nSPS) is 16.1. The molecule has 0 atom stereocenters. The van der Waals surface area contributed by atoms with Gasteiger partial charge in [0.25, 0.3) is 5.91 Å². The number of ether oxygens (including phenoxy) is 2. The van der Waals surface area contributed by atoms with Crippen molar-refractivity contribution in [3.05, 3.63) is 57.4 Å². The van der Waals surface area contributed by atoms with Gasteiger partial charge in [0.05, 0.1) is 17.2 Å². The van der Waals surface area contributed by atoms with Crippen LogP contribution in [0.15, 0.2) is 56.8 Å². The summed E-state index contributed by atoms with van der Waals surface area (Å²) in [6.07, 6.45) is 1.64. The number of aliphatic imine (C=N–C) groups is 1. The molecule has 1 fully saturated rings. The second-order valence-electron chi connectivity index (χ2n) is 5.77. The van der Waals surface area contributed by atoms with E-state index in [9.17, 15) is 9.59 Å². The second kappa shape index (κ2) is 9.62. The van der Waals surface area contributed by atoms with Crippen LogP contribution in [0.3, 0.4) is 0 Å². The molecule has 150 valence electrons. The lowest BCUT2D eigenvalue weighted by atomic mass is 10.2. The molecule has 2 N–H and O–H groups in total. The Kier molecular flexibility index (Phi) is 6.95. The maximum atomic E-state index is 12.3. The maximum absolute atomic E-state index is 12.3. The van der Waals surface area contributed by atoms with Crippen LogP contribution in [-0.2, 0) is 9.59 Å². The number of aliphatic carboxylic acids is 1. The van der Waals surface area contributed by atoms with Gasteiger partial charge in [0.1, 0.15) is 11.5 Å². The van der Waals surface area contributed by atoms with E-state index in [-0.39, 0.29) is 5.91 Å². The second-order valence-corrected chi connectivity index (χ2v) is 7.72. The summed E-state index contributed by atoms with van der Waals surface area (Å²) in [5, 5.41) is 12.0. The van der Waals surface area contributed by atoms with Gasteiger partial charge in [-0.15, -0.1) is 0 Å². The summed E-state index contributed by atoms with van der Waals surface area (Å²) >= 11 is 4.57. The van der Waals surface area contributed by atoms with Crippen molar-refractivity contribution < 1.29 is 24.2 Å². The molecule has 1 saturated heterocycles. The van der Waals surface area contributed by atoms with E-state index in [0.717, 1.165) is 10.2 Å². The zero-order valence-electron chi connectivity index (χ0n) is 15.3. The average Bonchev–Trinajstić information content (AvgIpc) is 3.01. The first-order chi connectivity index (χ1) is 13.9. The highest BCUT2D eigenvalue weighted by molar-refractivity contribution is 9.10. The van der Waals surface area contributed by atoms with Crippen molar-refractivity contribution in [3.8, 4) is 11.5 Å². The number of thioether (sulfide) groups is 1. The Morgan fingerprint density at radius 2 is 2.00 bits per heavy atom. The maximum Gasteiger partial charge on any atom is 0.341 e. The summed E-state index contributed by atoms with van der Waals surface area (Å²) < 4.78 is 11.5. The topological polar surface area (TPSA) is 97.2 Å². The minimum Gasteiger partial charge on any atom is -0.494 e. The van der Waals surface area contributed by atoms with Crippen LogP contribution in [0.25, 0.3) is 6.08 Å². The molecule has 9 heteroatoms. The lowest BCUT2D eigenvalue weighted by molar-refractivity contribution is -0.139. The first kappa shape index (κ1) is 20.9. The first-order valence-corrected chi connectivity index (χ1v) is 10.2. The van der Waals surface area contributed by atoms with Crippen molar-refractivity contribution in [3.63, 3.8) is 0 Å². The van der Waals surface area contributed by atoms with Crippen molar-refractivity contribution in [1.29, 1.82) is 0 Å². The van der Waals surface area contributed by atoms with Gasteiger partial charge in [0.2, 0.25) is 0 Å². The molecule has 2 aromatic carbocycles. The molecule has 3 rings (SSSR count). The summed E-state index contributed by atoms with van der Waals surface area (Å²) in [4.78, 5) is 28.0. The number of nitrogens with one attached hydrogen (secondary N) is 1. The van der Waals surface area contributed by atoms with Gasteiger partial charge in [0, 0.05) is 10.0 Å². The number of nitrogens with zero attached hydrogens (tertiary/aromatic N) is 1. The highest BCUT2D eigenvalue weighted by Gasteiger charge is 2.24. The third-order valence-corrected chi connectivity index (χ3v) is 5.04. The number of benzene rings is 2. The molecular formula is C20H17BrN2O5S. The van der Waals surface area contributed by atoms with Crippen molar-refractivity contribution in [2.24, 2.45) is 4.99 Å². The lowest BCUT2D eigenvalue weighted by Crippen LogP contribution is -2.19. The molecule has 0 saturated carbocycles. The predicted molar refractivity (Wildman–Crippen MR) is 116 cm³/mol. The van der Waals surface area contributed by atoms with Gasteiger partial charge in [-0.25, -0.2) is 9.79 Å². The van der Waals surface area contributed by atoms with E-state index in [1.54, 1.807) is 36.4 Å². The van der Waals surface area contributed by atoms with E-state index in [2.05, 4.69) is 26.2 Å². The van der Waals surface area contributed by atoms with Crippen molar-refractivity contribution >= 4 is 56.5 Å². The minimum absolute atomic E-state index is 0.288. The van der Waals surface area contributed by atoms with E-state index in [1.165, 1.54) is 11.8 Å². The Morgan fingerprint density at radius 3 is 2.69 bits per heavy atom. The van der Waals surface area contributed by atoms with E-state index in [1.807, 2.05) is 19.1 Å². The molecule has 29 heavy (non-hydrogen) atoms. The molecule has 0 radical (unpaired) electrons. The molecule has 0 aromatic heterocycles. The van der Waals surface area contributed by atoms with Gasteiger partial charge in [-0.3, -0.25) is 4.79 Å². The number of carboxylic acid groups (broad SMARTS) is 1. The van der Waals surface area contributed by atoms with Gasteiger partial charge < -0.3 is 19.9 Å². The molecule has 1 aliphatic heterocycles. The summed E-state index contributed by atoms with van der Waals surface area (Å²) in [7, 11) is 0. The molecule has 1 heterocycles. The number of hydrogen-bond donors (Lipinski definition) is 2. The quantitative estimate of drug-likeness (QED) is 0.581. The van der Waals surface area contributed by atoms with Gasteiger partial charge in [0.15, 0.2) is 11.8 Å². The summed E-state index contributed by atoms with van der Waals surface area (Å²) in [6, 6.07) is 12.4. The number of halogens is 1. The standard InChI is InChI=1S/C20H17BrN2O5S/c1-2-27-15-6-4-14(5-7-15)22-20-23-19(26)17(29-20)10-12-9-13(21)3-8-16(12)28-11-18(24)25/h3-10H,2,11H2,1H3,(H,24,25)(H,22,23,26)/b17-10+. The molecule has 2 aromatic rings. The van der Waals surface area contributed by atoms with E-state index < -0.39 is 12.6 Å². The zero-order chi connectivity index (χ0) is 20.8. The van der Waals surface area contributed by atoms with Gasteiger partial charge in [-0.1, -0.05) is 15.9 Å². The molecule has 0 bridgehead atoms. The predicted octanol–water partition coefficient (Wildman–Crippen LogP) is 4.20. The summed E-state index contributed by atoms with van der Waals surface area (Å²) in [5.41, 5.74) is 1.27. The number of rotatable bonds is 7. The minimum atomic E-state index is -1.08. The number of amidine groups is 1. The monoisotopic (exact) mass is 476 g/mol. The fourth-order valence-corrected chi connectivity index (χ4v) is 3.64. The molecule has 0 unspecified atom stereocenters. The van der Waals surface area contributed by atoms with Crippen LogP contribution in [0.1, 0.15) is 12.5 Å². The smallest absolute Gasteiger partial charge is 0.341 e. The number of carboxylic acids is 1. The van der Waals surface area contributed by atoms with Crippen molar-refractivity contribution in [2.45, 2.75) is 6.92 Å². The highest BCUT2D eigenvalue weighted by atomic mass is 79.9. The summed E-state index contributed by atoms with van der Waals surface area (Å²) in [6.45, 7) is 2.03. The SMILES string of the molecule is CCOc1ccc(N=C2NC(=O)/C(=C\c3cc(Br)ccc3OCC(=O)O)S2)cc1. The van der Waals surface area contributed by atoms with Gasteiger partial charge in [-0.05, 0) is 67.2 Å². The molecule has 0 spiro atoms. The van der Waals surface area contributed by atoms with Crippen molar-refractivity contribution in [1.82, 2.24) is 5.32 Å².